The van der Waals surface area contributed by atoms with Crippen LogP contribution in [0.2, 0.25) is 0 Å². The van der Waals surface area contributed by atoms with Crippen molar-refractivity contribution in [2.75, 3.05) is 12.4 Å². The monoisotopic (exact) mass is 203 g/mol. The van der Waals surface area contributed by atoms with Crippen LogP contribution in [0.4, 0.5) is 0 Å². The summed E-state index contributed by atoms with van der Waals surface area (Å²) in [6.07, 6.45) is 2.99. The number of alkyl halides is 1. The van der Waals surface area contributed by atoms with Crippen LogP contribution in [-0.4, -0.2) is 29.3 Å². The van der Waals surface area contributed by atoms with Crippen LogP contribution in [0, 0.1) is 5.92 Å². The fourth-order valence-electron chi connectivity index (χ4n) is 1.45. The number of nitrogens with zero attached hydrogens (tertiary/aromatic N) is 1. The van der Waals surface area contributed by atoms with Crippen LogP contribution >= 0.6 is 11.6 Å². The first-order chi connectivity index (χ1) is 6.15. The second kappa shape index (κ2) is 4.85. The standard InChI is InChI=1S/C10H18ClNO/c1-8(2)7-10(13)12(6-5-11)9-3-4-9/h8-9H,3-7H2,1-2H3. The largest absolute Gasteiger partial charge is 0.339 e. The van der Waals surface area contributed by atoms with Gasteiger partial charge >= 0.3 is 0 Å². The van der Waals surface area contributed by atoms with Crippen LogP contribution in [0.3, 0.4) is 0 Å². The van der Waals surface area contributed by atoms with E-state index in [1.165, 1.54) is 12.8 Å². The molecule has 0 unspecified atom stereocenters. The van der Waals surface area contributed by atoms with Crippen LogP contribution in [0.1, 0.15) is 33.1 Å². The Morgan fingerprint density at radius 2 is 2.15 bits per heavy atom. The lowest BCUT2D eigenvalue weighted by Crippen LogP contribution is -2.35. The van der Waals surface area contributed by atoms with Gasteiger partial charge in [-0.1, -0.05) is 13.8 Å². The van der Waals surface area contributed by atoms with Crippen molar-refractivity contribution in [1.29, 1.82) is 0 Å². The molecule has 0 aliphatic heterocycles. The molecule has 0 saturated heterocycles. The summed E-state index contributed by atoms with van der Waals surface area (Å²) in [5.74, 6) is 1.28. The van der Waals surface area contributed by atoms with Gasteiger partial charge < -0.3 is 4.90 Å². The molecule has 0 aromatic heterocycles. The number of amides is 1. The van der Waals surface area contributed by atoms with Gasteiger partial charge in [0, 0.05) is 24.9 Å². The van der Waals surface area contributed by atoms with Gasteiger partial charge in [0.2, 0.25) is 5.91 Å². The predicted molar refractivity (Wildman–Crippen MR) is 54.9 cm³/mol. The molecule has 0 spiro atoms. The molecule has 2 nitrogen and oxygen atoms in total. The van der Waals surface area contributed by atoms with Gasteiger partial charge in [-0.2, -0.15) is 0 Å². The van der Waals surface area contributed by atoms with Crippen molar-refractivity contribution in [2.45, 2.75) is 39.2 Å². The van der Waals surface area contributed by atoms with Crippen molar-refractivity contribution in [2.24, 2.45) is 5.92 Å². The van der Waals surface area contributed by atoms with E-state index in [1.54, 1.807) is 0 Å². The number of carbonyl (C=O) groups is 1. The van der Waals surface area contributed by atoms with E-state index in [0.29, 0.717) is 24.3 Å². The molecule has 1 rings (SSSR count). The average Bonchev–Trinajstić information content (AvgIpc) is 2.81. The lowest BCUT2D eigenvalue weighted by molar-refractivity contribution is -0.132. The number of halogens is 1. The summed E-state index contributed by atoms with van der Waals surface area (Å²) >= 11 is 5.65. The summed E-state index contributed by atoms with van der Waals surface area (Å²) in [7, 11) is 0. The van der Waals surface area contributed by atoms with Gasteiger partial charge in [0.15, 0.2) is 0 Å². The predicted octanol–water partition coefficient (Wildman–Crippen LogP) is 2.26. The molecule has 1 aliphatic carbocycles. The molecule has 1 fully saturated rings. The Kier molecular flexibility index (Phi) is 4.04. The third-order valence-electron chi connectivity index (χ3n) is 2.22. The highest BCUT2D eigenvalue weighted by atomic mass is 35.5. The van der Waals surface area contributed by atoms with Crippen LogP contribution in [0.25, 0.3) is 0 Å². The van der Waals surface area contributed by atoms with Crippen molar-refractivity contribution in [1.82, 2.24) is 4.90 Å². The van der Waals surface area contributed by atoms with Gasteiger partial charge in [0.05, 0.1) is 0 Å². The van der Waals surface area contributed by atoms with Gasteiger partial charge in [-0.3, -0.25) is 4.79 Å². The molecule has 1 amide bonds. The fraction of sp³-hybridized carbons (Fsp3) is 0.900. The highest BCUT2D eigenvalue weighted by Gasteiger charge is 2.31. The van der Waals surface area contributed by atoms with Gasteiger partial charge in [0.1, 0.15) is 0 Å². The second-order valence-corrected chi connectivity index (χ2v) is 4.48. The average molecular weight is 204 g/mol. The second-order valence-electron chi connectivity index (χ2n) is 4.11. The Labute approximate surface area is 85.2 Å². The van der Waals surface area contributed by atoms with E-state index in [9.17, 15) is 4.79 Å². The van der Waals surface area contributed by atoms with Crippen molar-refractivity contribution in [3.8, 4) is 0 Å². The summed E-state index contributed by atoms with van der Waals surface area (Å²) in [6, 6.07) is 0.505. The minimum Gasteiger partial charge on any atom is -0.339 e. The molecule has 76 valence electrons. The number of hydrogen-bond acceptors (Lipinski definition) is 1. The smallest absolute Gasteiger partial charge is 0.223 e. The zero-order valence-corrected chi connectivity index (χ0v) is 9.18. The van der Waals surface area contributed by atoms with Crippen LogP contribution in [0.5, 0.6) is 0 Å². The zero-order valence-electron chi connectivity index (χ0n) is 8.42. The molecule has 0 radical (unpaired) electrons. The SMILES string of the molecule is CC(C)CC(=O)N(CCCl)C1CC1. The van der Waals surface area contributed by atoms with E-state index in [-0.39, 0.29) is 5.91 Å². The van der Waals surface area contributed by atoms with Crippen molar-refractivity contribution in [3.05, 3.63) is 0 Å². The first-order valence-corrected chi connectivity index (χ1v) is 5.54. The third kappa shape index (κ3) is 3.55. The highest BCUT2D eigenvalue weighted by molar-refractivity contribution is 6.18. The van der Waals surface area contributed by atoms with Gasteiger partial charge in [-0.05, 0) is 18.8 Å². The van der Waals surface area contributed by atoms with Crippen molar-refractivity contribution < 1.29 is 4.79 Å². The molecule has 0 aromatic carbocycles. The lowest BCUT2D eigenvalue weighted by Gasteiger charge is -2.22. The molecule has 0 N–H and O–H groups in total. The van der Waals surface area contributed by atoms with Crippen LogP contribution < -0.4 is 0 Å². The summed E-state index contributed by atoms with van der Waals surface area (Å²) in [6.45, 7) is 4.87. The van der Waals surface area contributed by atoms with Crippen LogP contribution in [-0.2, 0) is 4.79 Å². The molecule has 0 bridgehead atoms. The first kappa shape index (κ1) is 10.8. The maximum absolute atomic E-state index is 11.7. The first-order valence-electron chi connectivity index (χ1n) is 5.00. The molecule has 0 aromatic rings. The number of carbonyl (C=O) groups excluding carboxylic acids is 1. The Bertz CT molecular complexity index is 178. The van der Waals surface area contributed by atoms with Gasteiger partial charge in [0.25, 0.3) is 0 Å². The Hall–Kier alpha value is -0.240. The fourth-order valence-corrected chi connectivity index (χ4v) is 1.64. The van der Waals surface area contributed by atoms with Crippen molar-refractivity contribution in [3.63, 3.8) is 0 Å². The number of hydrogen-bond donors (Lipinski definition) is 0. The Balaban J connectivity index is 2.38. The van der Waals surface area contributed by atoms with Crippen molar-refractivity contribution >= 4 is 17.5 Å². The summed E-state index contributed by atoms with van der Waals surface area (Å²) in [5, 5.41) is 0. The Morgan fingerprint density at radius 3 is 2.54 bits per heavy atom. The highest BCUT2D eigenvalue weighted by Crippen LogP contribution is 2.27. The van der Waals surface area contributed by atoms with E-state index >= 15 is 0 Å². The van der Waals surface area contributed by atoms with Crippen LogP contribution in [0.15, 0.2) is 0 Å². The van der Waals surface area contributed by atoms with E-state index in [4.69, 9.17) is 11.6 Å². The third-order valence-corrected chi connectivity index (χ3v) is 2.39. The number of rotatable bonds is 5. The van der Waals surface area contributed by atoms with Gasteiger partial charge in [-0.15, -0.1) is 11.6 Å². The minimum atomic E-state index is 0.276. The van der Waals surface area contributed by atoms with E-state index < -0.39 is 0 Å². The maximum Gasteiger partial charge on any atom is 0.223 e. The summed E-state index contributed by atoms with van der Waals surface area (Å²) < 4.78 is 0. The summed E-state index contributed by atoms with van der Waals surface area (Å²) in [4.78, 5) is 13.6. The summed E-state index contributed by atoms with van der Waals surface area (Å²) in [5.41, 5.74) is 0. The zero-order chi connectivity index (χ0) is 9.84. The normalized spacial score (nSPS) is 16.3. The molecular formula is C10H18ClNO. The quantitative estimate of drug-likeness (QED) is 0.628. The molecule has 0 atom stereocenters. The van der Waals surface area contributed by atoms with Gasteiger partial charge in [-0.25, -0.2) is 0 Å². The van der Waals surface area contributed by atoms with E-state index in [1.807, 2.05) is 4.90 Å². The molecule has 0 heterocycles. The maximum atomic E-state index is 11.7. The molecule has 3 heteroatoms. The molecule has 1 aliphatic rings. The topological polar surface area (TPSA) is 20.3 Å². The lowest BCUT2D eigenvalue weighted by atomic mass is 10.1. The molecule has 13 heavy (non-hydrogen) atoms. The Morgan fingerprint density at radius 1 is 1.54 bits per heavy atom. The molecule has 1 saturated carbocycles. The van der Waals surface area contributed by atoms with E-state index in [0.717, 1.165) is 6.54 Å². The minimum absolute atomic E-state index is 0.276. The van der Waals surface area contributed by atoms with E-state index in [2.05, 4.69) is 13.8 Å². The molecular weight excluding hydrogens is 186 g/mol.